The molecule has 1 atom stereocenters. The topological polar surface area (TPSA) is 98.5 Å². The van der Waals surface area contributed by atoms with E-state index >= 15 is 0 Å². The monoisotopic (exact) mass is 436 g/mol. The van der Waals surface area contributed by atoms with E-state index in [0.717, 1.165) is 21.4 Å². The Bertz CT molecular complexity index is 1350. The molecule has 7 nitrogen and oxygen atoms in total. The second-order valence-corrected chi connectivity index (χ2v) is 8.83. The summed E-state index contributed by atoms with van der Waals surface area (Å²) in [6, 6.07) is 9.67. The largest absolute Gasteiger partial charge is 0.458 e. The van der Waals surface area contributed by atoms with E-state index in [4.69, 9.17) is 9.72 Å². The van der Waals surface area contributed by atoms with Gasteiger partial charge in [-0.25, -0.2) is 9.78 Å². The number of nitrogens with zero attached hydrogens (tertiary/aromatic N) is 2. The van der Waals surface area contributed by atoms with E-state index in [-0.39, 0.29) is 41.9 Å². The van der Waals surface area contributed by atoms with Crippen LogP contribution in [0.3, 0.4) is 0 Å². The molecule has 4 heterocycles. The molecule has 0 saturated heterocycles. The number of para-hydroxylation sites is 1. The van der Waals surface area contributed by atoms with Gasteiger partial charge in [0, 0.05) is 27.8 Å². The first-order valence-electron chi connectivity index (χ1n) is 9.96. The van der Waals surface area contributed by atoms with Crippen LogP contribution >= 0.6 is 11.8 Å². The number of hydrogen-bond donors (Lipinski definition) is 1. The predicted molar refractivity (Wildman–Crippen MR) is 116 cm³/mol. The summed E-state index contributed by atoms with van der Waals surface area (Å²) < 4.78 is 6.74. The van der Waals surface area contributed by atoms with Crippen molar-refractivity contribution in [3.8, 4) is 11.4 Å². The van der Waals surface area contributed by atoms with Gasteiger partial charge in [-0.2, -0.15) is 0 Å². The Morgan fingerprint density at radius 2 is 2.13 bits per heavy atom. The Morgan fingerprint density at radius 1 is 1.32 bits per heavy atom. The number of ketones is 1. The van der Waals surface area contributed by atoms with Crippen molar-refractivity contribution in [3.63, 3.8) is 0 Å². The lowest BCUT2D eigenvalue weighted by atomic mass is 9.84. The molecule has 1 N–H and O–H groups in total. The van der Waals surface area contributed by atoms with Crippen LogP contribution in [0.5, 0.6) is 0 Å². The van der Waals surface area contributed by atoms with Gasteiger partial charge in [0.2, 0.25) is 0 Å². The minimum atomic E-state index is -2.03. The zero-order valence-electron chi connectivity index (χ0n) is 17.1. The zero-order chi connectivity index (χ0) is 21.9. The van der Waals surface area contributed by atoms with Crippen LogP contribution in [-0.4, -0.2) is 32.7 Å². The minimum Gasteiger partial charge on any atom is -0.458 e. The lowest BCUT2D eigenvalue weighted by Gasteiger charge is -2.32. The number of benzene rings is 1. The van der Waals surface area contributed by atoms with E-state index in [0.29, 0.717) is 17.9 Å². The van der Waals surface area contributed by atoms with E-state index in [1.165, 1.54) is 6.92 Å². The van der Waals surface area contributed by atoms with Gasteiger partial charge in [0.25, 0.3) is 5.56 Å². The number of rotatable bonds is 4. The van der Waals surface area contributed by atoms with Crippen LogP contribution in [0.15, 0.2) is 40.0 Å². The van der Waals surface area contributed by atoms with Crippen LogP contribution in [0.4, 0.5) is 0 Å². The number of aromatic nitrogens is 2. The Balaban J connectivity index is 1.74. The van der Waals surface area contributed by atoms with E-state index in [1.807, 2.05) is 30.5 Å². The predicted octanol–water partition coefficient (Wildman–Crippen LogP) is 2.76. The van der Waals surface area contributed by atoms with Gasteiger partial charge in [-0.3, -0.25) is 4.79 Å². The Kier molecular flexibility index (Phi) is 4.53. The fourth-order valence-electron chi connectivity index (χ4n) is 4.40. The highest BCUT2D eigenvalue weighted by molar-refractivity contribution is 7.98. The van der Waals surface area contributed by atoms with Crippen molar-refractivity contribution < 1.29 is 19.4 Å². The van der Waals surface area contributed by atoms with Gasteiger partial charge in [0.15, 0.2) is 5.60 Å². The number of hydrogen-bond acceptors (Lipinski definition) is 7. The van der Waals surface area contributed by atoms with E-state index < -0.39 is 11.6 Å². The normalized spacial score (nSPS) is 19.0. The number of carbonyl (C=O) groups is 2. The quantitative estimate of drug-likeness (QED) is 0.388. The van der Waals surface area contributed by atoms with Gasteiger partial charge in [0.05, 0.1) is 29.0 Å². The highest BCUT2D eigenvalue weighted by Crippen LogP contribution is 2.40. The minimum absolute atomic E-state index is 0.0000157. The molecule has 2 aliphatic heterocycles. The first-order chi connectivity index (χ1) is 14.8. The van der Waals surface area contributed by atoms with E-state index in [1.54, 1.807) is 22.4 Å². The van der Waals surface area contributed by atoms with Crippen LogP contribution < -0.4 is 5.56 Å². The summed E-state index contributed by atoms with van der Waals surface area (Å²) in [5.41, 5.74) is 1.11. The van der Waals surface area contributed by atoms with Gasteiger partial charge >= 0.3 is 5.97 Å². The number of ether oxygens (including phenoxy) is 1. The third-order valence-electron chi connectivity index (χ3n) is 6.05. The highest BCUT2D eigenvalue weighted by Gasteiger charge is 2.46. The SMILES string of the molecule is CSc1cccc2cc3c(nc12)-c1cc2c(c(=O)n1C3)COC(=O)[C@]2(O)CCC(C)=O. The lowest BCUT2D eigenvalue weighted by molar-refractivity contribution is -0.173. The van der Waals surface area contributed by atoms with Crippen LogP contribution in [0.25, 0.3) is 22.3 Å². The molecule has 0 bridgehead atoms. The lowest BCUT2D eigenvalue weighted by Crippen LogP contribution is -2.45. The molecule has 0 amide bonds. The fraction of sp³-hybridized carbons (Fsp3) is 0.304. The Hall–Kier alpha value is -2.97. The fourth-order valence-corrected chi connectivity index (χ4v) is 4.98. The summed E-state index contributed by atoms with van der Waals surface area (Å²) in [6.07, 6.45) is 1.85. The van der Waals surface area contributed by atoms with Gasteiger partial charge in [-0.05, 0) is 37.8 Å². The van der Waals surface area contributed by atoms with Crippen molar-refractivity contribution in [2.75, 3.05) is 6.26 Å². The summed E-state index contributed by atoms with van der Waals surface area (Å²) in [4.78, 5) is 43.2. The maximum Gasteiger partial charge on any atom is 0.343 e. The van der Waals surface area contributed by atoms with E-state index in [9.17, 15) is 19.5 Å². The summed E-state index contributed by atoms with van der Waals surface area (Å²) in [5, 5.41) is 12.2. The first kappa shape index (κ1) is 20.0. The molecular formula is C23H20N2O5S. The summed E-state index contributed by atoms with van der Waals surface area (Å²) in [5.74, 6) is -0.991. The molecule has 158 valence electrons. The standard InChI is InChI=1S/C23H20N2O5S/c1-12(26)6-7-23(29)16-9-17-19-14(8-13-4-3-5-18(31-2)20(13)24-19)10-25(17)21(27)15(16)11-30-22(23)28/h3-5,8-9,29H,6-7,10-11H2,1-2H3/t23-/m0/s1. The Labute approximate surface area is 182 Å². The van der Waals surface area contributed by atoms with Crippen LogP contribution in [0, 0.1) is 0 Å². The highest BCUT2D eigenvalue weighted by atomic mass is 32.2. The number of esters is 1. The number of carbonyl (C=O) groups excluding carboxylic acids is 2. The molecule has 2 aromatic heterocycles. The zero-order valence-corrected chi connectivity index (χ0v) is 17.9. The van der Waals surface area contributed by atoms with Crippen molar-refractivity contribution in [2.24, 2.45) is 0 Å². The van der Waals surface area contributed by atoms with Crippen molar-refractivity contribution in [1.29, 1.82) is 0 Å². The van der Waals surface area contributed by atoms with Crippen molar-refractivity contribution in [1.82, 2.24) is 9.55 Å². The van der Waals surface area contributed by atoms with Gasteiger partial charge in [-0.15, -0.1) is 11.8 Å². The van der Waals surface area contributed by atoms with E-state index in [2.05, 4.69) is 0 Å². The molecule has 0 spiro atoms. The first-order valence-corrected chi connectivity index (χ1v) is 11.2. The number of pyridine rings is 2. The van der Waals surface area contributed by atoms with Crippen LogP contribution in [-0.2, 0) is 33.1 Å². The number of Topliss-reactive ketones (excluding diaryl/α,β-unsaturated/α-hetero) is 1. The molecule has 0 fully saturated rings. The molecule has 0 saturated carbocycles. The van der Waals surface area contributed by atoms with Crippen molar-refractivity contribution >= 4 is 34.4 Å². The molecule has 0 aliphatic carbocycles. The number of thioether (sulfide) groups is 1. The maximum absolute atomic E-state index is 13.3. The molecule has 31 heavy (non-hydrogen) atoms. The van der Waals surface area contributed by atoms with Crippen molar-refractivity contribution in [3.05, 3.63) is 57.4 Å². The Morgan fingerprint density at radius 3 is 2.87 bits per heavy atom. The van der Waals surface area contributed by atoms with Gasteiger partial charge < -0.3 is 19.2 Å². The third kappa shape index (κ3) is 2.93. The molecular weight excluding hydrogens is 416 g/mol. The van der Waals surface area contributed by atoms with Gasteiger partial charge in [0.1, 0.15) is 12.4 Å². The second kappa shape index (κ2) is 7.03. The molecule has 1 aromatic carbocycles. The van der Waals surface area contributed by atoms with Crippen molar-refractivity contribution in [2.45, 2.75) is 43.4 Å². The number of cyclic esters (lactones) is 1. The molecule has 0 radical (unpaired) electrons. The van der Waals surface area contributed by atoms with Crippen LogP contribution in [0.2, 0.25) is 0 Å². The number of fused-ring (bicyclic) bond motifs is 5. The smallest absolute Gasteiger partial charge is 0.343 e. The average Bonchev–Trinajstić information content (AvgIpc) is 3.11. The summed E-state index contributed by atoms with van der Waals surface area (Å²) in [7, 11) is 0. The van der Waals surface area contributed by atoms with Crippen LogP contribution in [0.1, 0.15) is 36.5 Å². The second-order valence-electron chi connectivity index (χ2n) is 7.98. The maximum atomic E-state index is 13.3. The molecule has 3 aromatic rings. The molecule has 5 rings (SSSR count). The molecule has 2 aliphatic rings. The third-order valence-corrected chi connectivity index (χ3v) is 6.82. The summed E-state index contributed by atoms with van der Waals surface area (Å²) >= 11 is 1.60. The van der Waals surface area contributed by atoms with Gasteiger partial charge in [-0.1, -0.05) is 12.1 Å². The average molecular weight is 436 g/mol. The molecule has 8 heteroatoms. The number of aliphatic hydroxyl groups is 1. The summed E-state index contributed by atoms with van der Waals surface area (Å²) in [6.45, 7) is 1.56. The molecule has 0 unspecified atom stereocenters.